The summed E-state index contributed by atoms with van der Waals surface area (Å²) in [5.41, 5.74) is 0.760. The van der Waals surface area contributed by atoms with E-state index >= 15 is 0 Å². The molecule has 2 heterocycles. The molecule has 1 aromatic rings. The fraction of sp³-hybridized carbons (Fsp3) is 0.667. The monoisotopic (exact) mass is 445 g/mol. The zero-order valence-electron chi connectivity index (χ0n) is 20.3. The minimum absolute atomic E-state index is 0.207. The number of likely N-dealkylation sites (tertiary alicyclic amines) is 1. The number of piperidine rings is 1. The molecule has 1 atom stereocenters. The summed E-state index contributed by atoms with van der Waals surface area (Å²) < 4.78 is 10.8. The Balaban J connectivity index is 1.46. The van der Waals surface area contributed by atoms with Gasteiger partial charge < -0.3 is 29.5 Å². The number of ether oxygens (including phenoxy) is 2. The van der Waals surface area contributed by atoms with E-state index in [9.17, 15) is 4.79 Å². The first-order valence-corrected chi connectivity index (χ1v) is 11.6. The molecule has 0 saturated carbocycles. The van der Waals surface area contributed by atoms with Crippen molar-refractivity contribution in [3.05, 3.63) is 24.3 Å². The number of amides is 1. The Morgan fingerprint density at radius 2 is 1.78 bits per heavy atom. The summed E-state index contributed by atoms with van der Waals surface area (Å²) in [4.78, 5) is 23.5. The summed E-state index contributed by atoms with van der Waals surface area (Å²) in [6, 6.07) is 8.24. The third-order valence-corrected chi connectivity index (χ3v) is 5.95. The third kappa shape index (κ3) is 6.68. The fourth-order valence-electron chi connectivity index (χ4n) is 4.26. The predicted molar refractivity (Wildman–Crippen MR) is 129 cm³/mol. The van der Waals surface area contributed by atoms with Gasteiger partial charge in [-0.2, -0.15) is 0 Å². The van der Waals surface area contributed by atoms with Crippen molar-refractivity contribution >= 4 is 17.7 Å². The molecule has 1 aromatic carbocycles. The molecule has 178 valence electrons. The smallest absolute Gasteiger partial charge is 0.410 e. The molecule has 0 radical (unpaired) electrons. The second kappa shape index (κ2) is 10.8. The van der Waals surface area contributed by atoms with Crippen LogP contribution in [0.2, 0.25) is 0 Å². The molecule has 1 N–H and O–H groups in total. The van der Waals surface area contributed by atoms with Crippen LogP contribution < -0.4 is 15.0 Å². The number of aliphatic imine (C=N–C) groups is 1. The zero-order valence-corrected chi connectivity index (χ0v) is 20.3. The van der Waals surface area contributed by atoms with Crippen molar-refractivity contribution in [1.82, 2.24) is 15.1 Å². The highest BCUT2D eigenvalue weighted by molar-refractivity contribution is 5.80. The number of hydrogen-bond acceptors (Lipinski definition) is 5. The Kier molecular flexibility index (Phi) is 8.10. The molecule has 0 spiro atoms. The molecule has 1 unspecified atom stereocenters. The summed E-state index contributed by atoms with van der Waals surface area (Å²) in [5, 5.41) is 3.55. The predicted octanol–water partition coefficient (Wildman–Crippen LogP) is 3.04. The van der Waals surface area contributed by atoms with Gasteiger partial charge in [0.05, 0.1) is 7.11 Å². The number of carbonyl (C=O) groups is 1. The number of hydrogen-bond donors (Lipinski definition) is 1. The number of anilines is 1. The Hall–Kier alpha value is -2.64. The van der Waals surface area contributed by atoms with Gasteiger partial charge in [-0.1, -0.05) is 0 Å². The van der Waals surface area contributed by atoms with Gasteiger partial charge >= 0.3 is 6.09 Å². The lowest BCUT2D eigenvalue weighted by molar-refractivity contribution is 0.0168. The molecule has 1 amide bonds. The van der Waals surface area contributed by atoms with Crippen molar-refractivity contribution in [2.24, 2.45) is 10.9 Å². The number of carbonyl (C=O) groups excluding carboxylic acids is 1. The van der Waals surface area contributed by atoms with Gasteiger partial charge in [-0.25, -0.2) is 4.79 Å². The van der Waals surface area contributed by atoms with Crippen LogP contribution in [-0.4, -0.2) is 87.4 Å². The van der Waals surface area contributed by atoms with Crippen LogP contribution in [0.5, 0.6) is 5.75 Å². The van der Waals surface area contributed by atoms with E-state index in [1.165, 1.54) is 5.69 Å². The zero-order chi connectivity index (χ0) is 23.1. The number of methoxy groups -OCH3 is 1. The SMILES string of the molecule is CN=C(NCC1CCCN(C(=O)OC(C)(C)C)C1)N1CCN(c2ccc(OC)cc2)CC1. The lowest BCUT2D eigenvalue weighted by Gasteiger charge is -2.38. The lowest BCUT2D eigenvalue weighted by atomic mass is 9.98. The highest BCUT2D eigenvalue weighted by atomic mass is 16.6. The molecule has 2 aliphatic heterocycles. The van der Waals surface area contributed by atoms with Gasteiger partial charge in [-0.3, -0.25) is 4.99 Å². The van der Waals surface area contributed by atoms with E-state index in [0.29, 0.717) is 5.92 Å². The first-order valence-electron chi connectivity index (χ1n) is 11.6. The van der Waals surface area contributed by atoms with Crippen LogP contribution in [-0.2, 0) is 4.74 Å². The Bertz CT molecular complexity index is 767. The van der Waals surface area contributed by atoms with Gasteiger partial charge in [0.25, 0.3) is 0 Å². The first kappa shape index (κ1) is 24.0. The van der Waals surface area contributed by atoms with E-state index in [-0.39, 0.29) is 6.09 Å². The average Bonchev–Trinajstić information content (AvgIpc) is 2.79. The summed E-state index contributed by atoms with van der Waals surface area (Å²) in [7, 11) is 3.53. The van der Waals surface area contributed by atoms with Crippen molar-refractivity contribution < 1.29 is 14.3 Å². The maximum absolute atomic E-state index is 12.4. The molecule has 8 nitrogen and oxygen atoms in total. The van der Waals surface area contributed by atoms with Gasteiger partial charge in [0.2, 0.25) is 0 Å². The number of rotatable bonds is 4. The molecule has 0 bridgehead atoms. The molecule has 2 aliphatic rings. The normalized spacial score (nSPS) is 20.2. The Labute approximate surface area is 192 Å². The van der Waals surface area contributed by atoms with Crippen molar-refractivity contribution in [1.29, 1.82) is 0 Å². The van der Waals surface area contributed by atoms with Crippen molar-refractivity contribution in [3.63, 3.8) is 0 Å². The second-order valence-corrected chi connectivity index (χ2v) is 9.53. The van der Waals surface area contributed by atoms with Crippen molar-refractivity contribution in [2.45, 2.75) is 39.2 Å². The molecule has 32 heavy (non-hydrogen) atoms. The minimum Gasteiger partial charge on any atom is -0.497 e. The Morgan fingerprint density at radius 1 is 1.09 bits per heavy atom. The van der Waals surface area contributed by atoms with Crippen LogP contribution in [0.3, 0.4) is 0 Å². The number of piperazine rings is 1. The van der Waals surface area contributed by atoms with Crippen LogP contribution in [0, 0.1) is 5.92 Å². The quantitative estimate of drug-likeness (QED) is 0.568. The highest BCUT2D eigenvalue weighted by Crippen LogP contribution is 2.21. The number of nitrogens with one attached hydrogen (secondary N) is 1. The second-order valence-electron chi connectivity index (χ2n) is 9.53. The summed E-state index contributed by atoms with van der Waals surface area (Å²) in [5.74, 6) is 2.22. The van der Waals surface area contributed by atoms with Crippen molar-refractivity contribution in [2.75, 3.05) is 64.9 Å². The van der Waals surface area contributed by atoms with Crippen LogP contribution in [0.4, 0.5) is 10.5 Å². The summed E-state index contributed by atoms with van der Waals surface area (Å²) in [6.07, 6.45) is 1.90. The van der Waals surface area contributed by atoms with E-state index in [1.54, 1.807) is 7.11 Å². The lowest BCUT2D eigenvalue weighted by Crippen LogP contribution is -2.54. The van der Waals surface area contributed by atoms with Gasteiger partial charge in [0.1, 0.15) is 11.4 Å². The fourth-order valence-corrected chi connectivity index (χ4v) is 4.26. The number of guanidine groups is 1. The van der Waals surface area contributed by atoms with E-state index in [0.717, 1.165) is 70.4 Å². The molecular weight excluding hydrogens is 406 g/mol. The maximum Gasteiger partial charge on any atom is 0.410 e. The Morgan fingerprint density at radius 3 is 2.38 bits per heavy atom. The molecular formula is C24H39N5O3. The molecule has 2 fully saturated rings. The van der Waals surface area contributed by atoms with Gasteiger partial charge in [0, 0.05) is 58.5 Å². The third-order valence-electron chi connectivity index (χ3n) is 5.95. The van der Waals surface area contributed by atoms with E-state index in [4.69, 9.17) is 9.47 Å². The molecule has 0 aromatic heterocycles. The van der Waals surface area contributed by atoms with E-state index < -0.39 is 5.60 Å². The van der Waals surface area contributed by atoms with Crippen LogP contribution >= 0.6 is 0 Å². The number of benzene rings is 1. The minimum atomic E-state index is -0.460. The van der Waals surface area contributed by atoms with Gasteiger partial charge in [-0.15, -0.1) is 0 Å². The van der Waals surface area contributed by atoms with Crippen LogP contribution in [0.1, 0.15) is 33.6 Å². The summed E-state index contributed by atoms with van der Waals surface area (Å²) >= 11 is 0. The van der Waals surface area contributed by atoms with Gasteiger partial charge in [-0.05, 0) is 63.8 Å². The first-order chi connectivity index (χ1) is 15.3. The largest absolute Gasteiger partial charge is 0.497 e. The van der Waals surface area contributed by atoms with E-state index in [2.05, 4.69) is 32.2 Å². The average molecular weight is 446 g/mol. The summed E-state index contributed by atoms with van der Waals surface area (Å²) in [6.45, 7) is 11.8. The van der Waals surface area contributed by atoms with Crippen molar-refractivity contribution in [3.8, 4) is 5.75 Å². The van der Waals surface area contributed by atoms with E-state index in [1.807, 2.05) is 44.9 Å². The topological polar surface area (TPSA) is 69.6 Å². The highest BCUT2D eigenvalue weighted by Gasteiger charge is 2.28. The van der Waals surface area contributed by atoms with Gasteiger partial charge in [0.15, 0.2) is 5.96 Å². The maximum atomic E-state index is 12.4. The van der Waals surface area contributed by atoms with Crippen LogP contribution in [0.15, 0.2) is 29.3 Å². The van der Waals surface area contributed by atoms with Crippen LogP contribution in [0.25, 0.3) is 0 Å². The standard InChI is InChI=1S/C24H39N5O3/c1-24(2,3)32-23(30)29-12-6-7-19(18-29)17-26-22(25-4)28-15-13-27(14-16-28)20-8-10-21(31-5)11-9-20/h8-11,19H,6-7,12-18H2,1-5H3,(H,25,26). The number of nitrogens with zero attached hydrogens (tertiary/aromatic N) is 4. The molecule has 0 aliphatic carbocycles. The molecule has 3 rings (SSSR count). The molecule has 8 heteroatoms. The molecule has 2 saturated heterocycles.